The number of aromatic carboxylic acids is 1. The molecule has 6 heteroatoms. The second kappa shape index (κ2) is 8.14. The summed E-state index contributed by atoms with van der Waals surface area (Å²) >= 11 is 0. The summed E-state index contributed by atoms with van der Waals surface area (Å²) in [4.78, 5) is 31.2. The summed E-state index contributed by atoms with van der Waals surface area (Å²) in [7, 11) is 0. The monoisotopic (exact) mass is 387 g/mol. The normalized spacial score (nSPS) is 13.3. The zero-order valence-corrected chi connectivity index (χ0v) is 15.8. The Morgan fingerprint density at radius 1 is 0.897 bits per heavy atom. The molecule has 1 aliphatic rings. The molecule has 1 aliphatic heterocycles. The van der Waals surface area contributed by atoms with E-state index in [2.05, 4.69) is 15.2 Å². The Hall–Kier alpha value is -3.67. The molecular weight excluding hydrogens is 366 g/mol. The van der Waals surface area contributed by atoms with E-state index in [0.717, 1.165) is 37.1 Å². The number of hydrogen-bond donors (Lipinski definition) is 2. The molecule has 0 aliphatic carbocycles. The molecule has 3 aromatic rings. The van der Waals surface area contributed by atoms with Gasteiger partial charge in [-0.05, 0) is 48.2 Å². The first-order chi connectivity index (χ1) is 14.1. The van der Waals surface area contributed by atoms with Crippen molar-refractivity contribution in [1.29, 1.82) is 0 Å². The number of benzene rings is 2. The maximum atomic E-state index is 13.0. The Labute approximate surface area is 168 Å². The zero-order chi connectivity index (χ0) is 20.2. The molecule has 1 amide bonds. The maximum Gasteiger partial charge on any atom is 0.337 e. The number of rotatable bonds is 5. The Bertz CT molecular complexity index is 1040. The average molecular weight is 387 g/mol. The highest BCUT2D eigenvalue weighted by atomic mass is 16.4. The van der Waals surface area contributed by atoms with Crippen molar-refractivity contribution < 1.29 is 14.7 Å². The van der Waals surface area contributed by atoms with Gasteiger partial charge in [-0.15, -0.1) is 0 Å². The molecule has 2 heterocycles. The van der Waals surface area contributed by atoms with Gasteiger partial charge in [0.25, 0.3) is 5.91 Å². The van der Waals surface area contributed by atoms with Crippen LogP contribution in [0.15, 0.2) is 66.9 Å². The summed E-state index contributed by atoms with van der Waals surface area (Å²) in [6.45, 7) is 1.72. The molecule has 0 atom stereocenters. The van der Waals surface area contributed by atoms with Gasteiger partial charge in [0.15, 0.2) is 0 Å². The van der Waals surface area contributed by atoms with Crippen LogP contribution < -0.4 is 10.2 Å². The molecule has 1 fully saturated rings. The molecule has 1 aromatic heterocycles. The van der Waals surface area contributed by atoms with Gasteiger partial charge >= 0.3 is 5.97 Å². The van der Waals surface area contributed by atoms with Gasteiger partial charge in [-0.3, -0.25) is 4.79 Å². The van der Waals surface area contributed by atoms with Crippen LogP contribution in [-0.2, 0) is 0 Å². The van der Waals surface area contributed by atoms with Crippen molar-refractivity contribution in [3.05, 3.63) is 78.0 Å². The molecule has 29 heavy (non-hydrogen) atoms. The lowest BCUT2D eigenvalue weighted by Crippen LogP contribution is -2.24. The van der Waals surface area contributed by atoms with E-state index in [1.165, 1.54) is 6.07 Å². The molecule has 146 valence electrons. The Morgan fingerprint density at radius 2 is 1.66 bits per heavy atom. The predicted octanol–water partition coefficient (Wildman–Crippen LogP) is 4.30. The molecule has 0 bridgehead atoms. The van der Waals surface area contributed by atoms with Crippen molar-refractivity contribution in [2.24, 2.45) is 0 Å². The number of anilines is 2. The van der Waals surface area contributed by atoms with Gasteiger partial charge in [0.05, 0.1) is 16.8 Å². The Balaban J connectivity index is 1.68. The third-order valence-electron chi connectivity index (χ3n) is 5.04. The summed E-state index contributed by atoms with van der Waals surface area (Å²) in [6.07, 6.45) is 3.81. The fourth-order valence-corrected chi connectivity index (χ4v) is 3.59. The highest BCUT2D eigenvalue weighted by Crippen LogP contribution is 2.28. The topological polar surface area (TPSA) is 82.5 Å². The van der Waals surface area contributed by atoms with Gasteiger partial charge in [0.2, 0.25) is 0 Å². The molecule has 0 radical (unpaired) electrons. The standard InChI is InChI=1S/C23H21N3O3/c27-22(19-9-6-12-24-21(19)26-13-4-5-14-26)25-20-15-17(10-11-18(20)23(28)29)16-7-2-1-3-8-16/h1-3,6-12,15H,4-5,13-14H2,(H,25,27)(H,28,29). The van der Waals surface area contributed by atoms with E-state index in [4.69, 9.17) is 0 Å². The summed E-state index contributed by atoms with van der Waals surface area (Å²) in [5.74, 6) is -0.822. The molecule has 0 unspecified atom stereocenters. The van der Waals surface area contributed by atoms with Crippen LogP contribution in [-0.4, -0.2) is 35.1 Å². The van der Waals surface area contributed by atoms with Crippen molar-refractivity contribution in [3.63, 3.8) is 0 Å². The van der Waals surface area contributed by atoms with Gasteiger partial charge in [-0.25, -0.2) is 9.78 Å². The van der Waals surface area contributed by atoms with Crippen LogP contribution in [0.5, 0.6) is 0 Å². The van der Waals surface area contributed by atoms with Gasteiger partial charge in [0, 0.05) is 19.3 Å². The minimum Gasteiger partial charge on any atom is -0.478 e. The van der Waals surface area contributed by atoms with Crippen LogP contribution in [0.3, 0.4) is 0 Å². The van der Waals surface area contributed by atoms with Crippen LogP contribution in [0.2, 0.25) is 0 Å². The fourth-order valence-electron chi connectivity index (χ4n) is 3.59. The van der Waals surface area contributed by atoms with E-state index in [9.17, 15) is 14.7 Å². The van der Waals surface area contributed by atoms with Crippen molar-refractivity contribution in [2.45, 2.75) is 12.8 Å². The number of aromatic nitrogens is 1. The zero-order valence-electron chi connectivity index (χ0n) is 15.8. The first kappa shape index (κ1) is 18.7. The van der Waals surface area contributed by atoms with Crippen LogP contribution in [0.25, 0.3) is 11.1 Å². The third kappa shape index (κ3) is 3.96. The number of amides is 1. The van der Waals surface area contributed by atoms with Crippen molar-refractivity contribution in [3.8, 4) is 11.1 Å². The summed E-state index contributed by atoms with van der Waals surface area (Å²) in [6, 6.07) is 18.0. The average Bonchev–Trinajstić information content (AvgIpc) is 3.29. The number of nitrogens with one attached hydrogen (secondary N) is 1. The van der Waals surface area contributed by atoms with Crippen molar-refractivity contribution in [1.82, 2.24) is 4.98 Å². The maximum absolute atomic E-state index is 13.0. The van der Waals surface area contributed by atoms with Crippen molar-refractivity contribution in [2.75, 3.05) is 23.3 Å². The van der Waals surface area contributed by atoms with E-state index in [1.54, 1.807) is 30.5 Å². The number of carbonyl (C=O) groups is 2. The number of carboxylic acid groups (broad SMARTS) is 1. The first-order valence-electron chi connectivity index (χ1n) is 9.57. The third-order valence-corrected chi connectivity index (χ3v) is 5.04. The minimum absolute atomic E-state index is 0.0460. The molecule has 1 saturated heterocycles. The molecular formula is C23H21N3O3. The van der Waals surface area contributed by atoms with Crippen LogP contribution in [0.1, 0.15) is 33.6 Å². The highest BCUT2D eigenvalue weighted by Gasteiger charge is 2.22. The van der Waals surface area contributed by atoms with Crippen LogP contribution in [0, 0.1) is 0 Å². The second-order valence-electron chi connectivity index (χ2n) is 6.95. The molecule has 4 rings (SSSR count). The SMILES string of the molecule is O=C(O)c1ccc(-c2ccccc2)cc1NC(=O)c1cccnc1N1CCCC1. The summed E-state index contributed by atoms with van der Waals surface area (Å²) in [5.41, 5.74) is 2.52. The van der Waals surface area contributed by atoms with Crippen LogP contribution in [0.4, 0.5) is 11.5 Å². The quantitative estimate of drug-likeness (QED) is 0.682. The smallest absolute Gasteiger partial charge is 0.337 e. The second-order valence-corrected chi connectivity index (χ2v) is 6.95. The Kier molecular flexibility index (Phi) is 5.24. The van der Waals surface area contributed by atoms with E-state index >= 15 is 0 Å². The summed E-state index contributed by atoms with van der Waals surface area (Å²) in [5, 5.41) is 12.4. The molecule has 0 spiro atoms. The van der Waals surface area contributed by atoms with Gasteiger partial charge in [-0.2, -0.15) is 0 Å². The molecule has 2 aromatic carbocycles. The lowest BCUT2D eigenvalue weighted by Gasteiger charge is -2.19. The van der Waals surface area contributed by atoms with E-state index < -0.39 is 5.97 Å². The van der Waals surface area contributed by atoms with Gasteiger partial charge in [0.1, 0.15) is 5.82 Å². The number of nitrogens with zero attached hydrogens (tertiary/aromatic N) is 2. The number of carbonyl (C=O) groups excluding carboxylic acids is 1. The fraction of sp³-hybridized carbons (Fsp3) is 0.174. The number of carboxylic acids is 1. The van der Waals surface area contributed by atoms with Crippen LogP contribution >= 0.6 is 0 Å². The van der Waals surface area contributed by atoms with E-state index in [-0.39, 0.29) is 17.2 Å². The number of pyridine rings is 1. The lowest BCUT2D eigenvalue weighted by molar-refractivity contribution is 0.0698. The van der Waals surface area contributed by atoms with Gasteiger partial charge < -0.3 is 15.3 Å². The first-order valence-corrected chi connectivity index (χ1v) is 9.57. The summed E-state index contributed by atoms with van der Waals surface area (Å²) < 4.78 is 0. The Morgan fingerprint density at radius 3 is 2.38 bits per heavy atom. The molecule has 2 N–H and O–H groups in total. The largest absolute Gasteiger partial charge is 0.478 e. The predicted molar refractivity (Wildman–Crippen MR) is 112 cm³/mol. The highest BCUT2D eigenvalue weighted by molar-refractivity contribution is 6.10. The number of hydrogen-bond acceptors (Lipinski definition) is 4. The lowest BCUT2D eigenvalue weighted by atomic mass is 10.0. The van der Waals surface area contributed by atoms with Gasteiger partial charge in [-0.1, -0.05) is 36.4 Å². The molecule has 6 nitrogen and oxygen atoms in total. The molecule has 0 saturated carbocycles. The van der Waals surface area contributed by atoms with E-state index in [1.807, 2.05) is 30.3 Å². The van der Waals surface area contributed by atoms with E-state index in [0.29, 0.717) is 11.4 Å². The minimum atomic E-state index is -1.09. The van der Waals surface area contributed by atoms with Crippen molar-refractivity contribution >= 4 is 23.4 Å².